The number of hydrogen-bond acceptors (Lipinski definition) is 3. The molecule has 0 spiro atoms. The molecule has 0 radical (unpaired) electrons. The fourth-order valence-corrected chi connectivity index (χ4v) is 9.94. The number of allylic oxidation sites excluding steroid dienone is 8. The van der Waals surface area contributed by atoms with E-state index in [9.17, 15) is 0 Å². The second-order valence-corrected chi connectivity index (χ2v) is 17.8. The van der Waals surface area contributed by atoms with Gasteiger partial charge in [0.2, 0.25) is 0 Å². The van der Waals surface area contributed by atoms with Crippen molar-refractivity contribution in [1.29, 1.82) is 0 Å². The van der Waals surface area contributed by atoms with E-state index in [1.807, 2.05) is 12.3 Å². The third kappa shape index (κ3) is 8.94. The van der Waals surface area contributed by atoms with Crippen LogP contribution in [0.3, 0.4) is 0 Å². The van der Waals surface area contributed by atoms with Crippen LogP contribution in [0.25, 0.3) is 60.3 Å². The zero-order valence-electron chi connectivity index (χ0n) is 40.4. The molecule has 0 unspecified atom stereocenters. The molecule has 0 aliphatic carbocycles. The Labute approximate surface area is 413 Å². The van der Waals surface area contributed by atoms with Gasteiger partial charge in [-0.3, -0.25) is 0 Å². The van der Waals surface area contributed by atoms with Crippen LogP contribution in [-0.4, -0.2) is 6.54 Å². The Kier molecular flexibility index (Phi) is 13.1. The van der Waals surface area contributed by atoms with Crippen molar-refractivity contribution < 1.29 is 0 Å². The van der Waals surface area contributed by atoms with Crippen molar-refractivity contribution in [2.75, 3.05) is 16.3 Å². The van der Waals surface area contributed by atoms with Crippen LogP contribution in [0.5, 0.6) is 0 Å². The summed E-state index contributed by atoms with van der Waals surface area (Å²) in [6.07, 6.45) is 17.1. The highest BCUT2D eigenvalue weighted by Gasteiger charge is 2.17. The van der Waals surface area contributed by atoms with E-state index in [2.05, 4.69) is 280 Å². The van der Waals surface area contributed by atoms with E-state index in [-0.39, 0.29) is 0 Å². The quantitative estimate of drug-likeness (QED) is 0.0479. The highest BCUT2D eigenvalue weighted by Crippen LogP contribution is 2.42. The molecule has 0 saturated carbocycles. The van der Waals surface area contributed by atoms with Crippen LogP contribution in [0.4, 0.5) is 28.4 Å². The molecule has 10 aromatic rings. The first kappa shape index (κ1) is 45.1. The van der Waals surface area contributed by atoms with Gasteiger partial charge < -0.3 is 15.1 Å². The molecule has 0 aliphatic heterocycles. The molecule has 0 amide bonds. The average Bonchev–Trinajstić information content (AvgIpc) is 3.40. The molecule has 0 aromatic heterocycles. The monoisotopic (exact) mass is 903 g/mol. The van der Waals surface area contributed by atoms with Crippen molar-refractivity contribution in [1.82, 2.24) is 5.32 Å². The Morgan fingerprint density at radius 1 is 0.514 bits per heavy atom. The number of aryl methyl sites for hydroxylation is 2. The van der Waals surface area contributed by atoms with Crippen LogP contribution >= 0.6 is 0 Å². The zero-order valence-corrected chi connectivity index (χ0v) is 40.4. The molecule has 3 heteroatoms. The lowest BCUT2D eigenvalue weighted by atomic mass is 9.88. The molecule has 0 fully saturated rings. The summed E-state index contributed by atoms with van der Waals surface area (Å²) in [5, 5.41) is 14.0. The number of fused-ring (bicyclic) bond motifs is 2. The van der Waals surface area contributed by atoms with Crippen molar-refractivity contribution in [2.24, 2.45) is 0 Å². The molecule has 70 heavy (non-hydrogen) atoms. The van der Waals surface area contributed by atoms with Crippen molar-refractivity contribution in [3.63, 3.8) is 0 Å². The molecular weight excluding hydrogens is 847 g/mol. The molecule has 0 saturated heterocycles. The number of nitrogens with one attached hydrogen (secondary N) is 1. The summed E-state index contributed by atoms with van der Waals surface area (Å²) in [4.78, 5) is 4.65. The summed E-state index contributed by atoms with van der Waals surface area (Å²) in [7, 11) is 0. The first-order valence-corrected chi connectivity index (χ1v) is 24.2. The van der Waals surface area contributed by atoms with Crippen molar-refractivity contribution in [3.8, 4) is 0 Å². The van der Waals surface area contributed by atoms with Crippen LogP contribution in [0.1, 0.15) is 41.7 Å². The van der Waals surface area contributed by atoms with E-state index < -0.39 is 0 Å². The largest absolute Gasteiger partial charge is 0.387 e. The van der Waals surface area contributed by atoms with E-state index in [0.717, 1.165) is 45.0 Å². The molecule has 10 rings (SSSR count). The van der Waals surface area contributed by atoms with Gasteiger partial charge in [-0.15, -0.1) is 0 Å². The lowest BCUT2D eigenvalue weighted by Crippen LogP contribution is -2.15. The van der Waals surface area contributed by atoms with Crippen LogP contribution in [0, 0.1) is 13.8 Å². The van der Waals surface area contributed by atoms with Gasteiger partial charge in [0.15, 0.2) is 0 Å². The summed E-state index contributed by atoms with van der Waals surface area (Å²) in [6.45, 7) is 13.3. The topological polar surface area (TPSA) is 18.5 Å². The second-order valence-electron chi connectivity index (χ2n) is 17.8. The highest BCUT2D eigenvalue weighted by atomic mass is 15.1. The van der Waals surface area contributed by atoms with E-state index >= 15 is 0 Å². The molecule has 1 N–H and O–H groups in total. The summed E-state index contributed by atoms with van der Waals surface area (Å²) in [6, 6.07) is 70.1. The number of benzene rings is 10. The van der Waals surface area contributed by atoms with Crippen LogP contribution in [-0.2, 0) is 0 Å². The van der Waals surface area contributed by atoms with Crippen LogP contribution < -0.4 is 15.1 Å². The van der Waals surface area contributed by atoms with E-state index in [0.29, 0.717) is 6.54 Å². The highest BCUT2D eigenvalue weighted by molar-refractivity contribution is 6.33. The number of anilines is 5. The predicted molar refractivity (Wildman–Crippen MR) is 305 cm³/mol. The summed E-state index contributed by atoms with van der Waals surface area (Å²) in [5.41, 5.74) is 14.9. The summed E-state index contributed by atoms with van der Waals surface area (Å²) in [5.74, 6) is 0. The summed E-state index contributed by atoms with van der Waals surface area (Å²) >= 11 is 0. The molecule has 0 heterocycles. The van der Waals surface area contributed by atoms with Crippen LogP contribution in [0.15, 0.2) is 249 Å². The molecule has 0 aliphatic rings. The molecular formula is C67H57N3. The summed E-state index contributed by atoms with van der Waals surface area (Å²) < 4.78 is 0. The Hall–Kier alpha value is -8.66. The van der Waals surface area contributed by atoms with Gasteiger partial charge in [0.1, 0.15) is 0 Å². The first-order chi connectivity index (χ1) is 34.4. The van der Waals surface area contributed by atoms with E-state index in [1.165, 1.54) is 71.2 Å². The molecule has 10 aromatic carbocycles. The third-order valence-corrected chi connectivity index (χ3v) is 13.5. The van der Waals surface area contributed by atoms with Crippen LogP contribution in [0.2, 0.25) is 0 Å². The molecule has 3 nitrogen and oxygen atoms in total. The van der Waals surface area contributed by atoms with Gasteiger partial charge in [-0.2, -0.15) is 0 Å². The van der Waals surface area contributed by atoms with Crippen molar-refractivity contribution in [2.45, 2.75) is 27.7 Å². The third-order valence-electron chi connectivity index (χ3n) is 13.5. The number of rotatable bonds is 15. The Bertz CT molecular complexity index is 3590. The zero-order chi connectivity index (χ0) is 48.0. The van der Waals surface area contributed by atoms with E-state index in [4.69, 9.17) is 0 Å². The van der Waals surface area contributed by atoms with Crippen molar-refractivity contribution >= 4 is 88.7 Å². The van der Waals surface area contributed by atoms with Gasteiger partial charge in [-0.25, -0.2) is 0 Å². The minimum atomic E-state index is 0.623. The molecule has 0 atom stereocenters. The fourth-order valence-electron chi connectivity index (χ4n) is 9.94. The van der Waals surface area contributed by atoms with Crippen molar-refractivity contribution in [3.05, 3.63) is 277 Å². The lowest BCUT2D eigenvalue weighted by Gasteiger charge is -2.27. The standard InChI is InChI=1S/C67H57N3/c1-6-18-50(51-35-40-58(41-36-51)70(56-23-9-8-10-24-56)65-30-14-12-20-48(65)4)43-45-68-46-44-53(52-33-38-57(39-34-52)69(49(5)7-2)64-29-13-11-19-47(64)3)31-32-54-37-42-63-61-27-16-22-55-21-15-26-60(66(55)61)62-28-17-25-59(54)67(62)63/h6-45,68H,1,46H2,2-5H3/b32-31-,45-43-,49-7+,50-18+,53-44+. The maximum atomic E-state index is 4.05. The second kappa shape index (κ2) is 20.3. The van der Waals surface area contributed by atoms with Gasteiger partial charge in [-0.1, -0.05) is 189 Å². The van der Waals surface area contributed by atoms with Gasteiger partial charge in [0.05, 0.1) is 0 Å². The number of hydrogen-bond donors (Lipinski definition) is 1. The fraction of sp³-hybridized carbons (Fsp3) is 0.0746. The minimum Gasteiger partial charge on any atom is -0.387 e. The minimum absolute atomic E-state index is 0.623. The lowest BCUT2D eigenvalue weighted by molar-refractivity contribution is 0.988. The molecule has 0 bridgehead atoms. The van der Waals surface area contributed by atoms with E-state index in [1.54, 1.807) is 0 Å². The van der Waals surface area contributed by atoms with Gasteiger partial charge in [0, 0.05) is 40.7 Å². The normalized spacial score (nSPS) is 12.5. The van der Waals surface area contributed by atoms with Gasteiger partial charge >= 0.3 is 0 Å². The van der Waals surface area contributed by atoms with Gasteiger partial charge in [-0.05, 0) is 171 Å². The maximum absolute atomic E-state index is 4.05. The Morgan fingerprint density at radius 2 is 1.07 bits per heavy atom. The Balaban J connectivity index is 0.962. The SMILES string of the molecule is C=C/C=C(\C=C/NC/C=C(\C=C/c1ccc2c3cccc4cccc(c5cccc1c52)c43)c1ccc(N(/C(C)=C/C)c2ccccc2C)cc1)c1ccc(N(c2ccccc2)c2ccccc2C)cc1. The Morgan fingerprint density at radius 3 is 1.73 bits per heavy atom. The molecule has 340 valence electrons. The first-order valence-electron chi connectivity index (χ1n) is 24.2. The smallest absolute Gasteiger partial charge is 0.0490 e. The maximum Gasteiger partial charge on any atom is 0.0490 e. The van der Waals surface area contributed by atoms with Gasteiger partial charge in [0.25, 0.3) is 0 Å². The predicted octanol–water partition coefficient (Wildman–Crippen LogP) is 18.4. The number of para-hydroxylation sites is 3. The average molecular weight is 904 g/mol. The number of nitrogens with zero attached hydrogens (tertiary/aromatic N) is 2.